The molecule has 4 heteroatoms. The number of nitrogens with one attached hydrogen (secondary N) is 1. The monoisotopic (exact) mass is 241 g/mol. The zero-order valence-electron chi connectivity index (χ0n) is 9.71. The van der Waals surface area contributed by atoms with E-state index in [0.29, 0.717) is 6.04 Å². The Bertz CT molecular complexity index is 395. The van der Waals surface area contributed by atoms with Crippen LogP contribution in [0.3, 0.4) is 0 Å². The maximum absolute atomic E-state index is 6.26. The van der Waals surface area contributed by atoms with Crippen molar-refractivity contribution in [3.05, 3.63) is 23.3 Å². The van der Waals surface area contributed by atoms with Crippen LogP contribution < -0.4 is 14.8 Å². The van der Waals surface area contributed by atoms with Crippen LogP contribution in [0.25, 0.3) is 0 Å². The average Bonchev–Trinajstić information content (AvgIpc) is 2.27. The zero-order valence-corrected chi connectivity index (χ0v) is 10.5. The van der Waals surface area contributed by atoms with Crippen LogP contribution in [-0.4, -0.2) is 20.3 Å². The van der Waals surface area contributed by atoms with Crippen molar-refractivity contribution in [1.29, 1.82) is 0 Å². The van der Waals surface area contributed by atoms with Crippen molar-refractivity contribution in [2.75, 3.05) is 14.2 Å². The third kappa shape index (κ3) is 1.97. The van der Waals surface area contributed by atoms with E-state index in [1.807, 2.05) is 12.1 Å². The summed E-state index contributed by atoms with van der Waals surface area (Å²) in [5.74, 6) is 1.49. The summed E-state index contributed by atoms with van der Waals surface area (Å²) in [5, 5.41) is 3.29. The number of methoxy groups -OCH3 is 2. The van der Waals surface area contributed by atoms with Gasteiger partial charge in [0.2, 0.25) is 0 Å². The molecule has 3 nitrogen and oxygen atoms in total. The van der Waals surface area contributed by atoms with Gasteiger partial charge < -0.3 is 9.47 Å². The Kier molecular flexibility index (Phi) is 3.26. The van der Waals surface area contributed by atoms with Gasteiger partial charge in [0.1, 0.15) is 5.50 Å². The molecule has 1 aliphatic rings. The van der Waals surface area contributed by atoms with Gasteiger partial charge in [-0.2, -0.15) is 0 Å². The Morgan fingerprint density at radius 3 is 2.50 bits per heavy atom. The molecule has 0 bridgehead atoms. The van der Waals surface area contributed by atoms with E-state index in [1.165, 1.54) is 5.56 Å². The van der Waals surface area contributed by atoms with Crippen LogP contribution in [0.1, 0.15) is 23.6 Å². The van der Waals surface area contributed by atoms with Gasteiger partial charge in [-0.15, -0.1) is 11.6 Å². The number of hydrogen-bond acceptors (Lipinski definition) is 3. The van der Waals surface area contributed by atoms with E-state index in [-0.39, 0.29) is 5.50 Å². The van der Waals surface area contributed by atoms with Crippen molar-refractivity contribution in [2.24, 2.45) is 0 Å². The maximum atomic E-state index is 6.26. The van der Waals surface area contributed by atoms with Gasteiger partial charge in [0.25, 0.3) is 0 Å². The second-order valence-corrected chi connectivity index (χ2v) is 4.48. The molecule has 0 aromatic heterocycles. The Labute approximate surface area is 101 Å². The summed E-state index contributed by atoms with van der Waals surface area (Å²) in [7, 11) is 3.28. The number of benzene rings is 1. The van der Waals surface area contributed by atoms with Crippen molar-refractivity contribution >= 4 is 11.6 Å². The standard InChI is InChI=1S/C12H16ClNO2/c1-7-4-8-5-10(15-2)11(16-3)6-9(8)12(13)14-7/h5-7,12,14H,4H2,1-3H3. The van der Waals surface area contributed by atoms with Crippen molar-refractivity contribution < 1.29 is 9.47 Å². The zero-order chi connectivity index (χ0) is 11.7. The molecule has 1 aromatic carbocycles. The minimum Gasteiger partial charge on any atom is -0.493 e. The van der Waals surface area contributed by atoms with Gasteiger partial charge in [-0.25, -0.2) is 0 Å². The molecule has 0 spiro atoms. The topological polar surface area (TPSA) is 30.5 Å². The van der Waals surface area contributed by atoms with Gasteiger partial charge in [0, 0.05) is 6.04 Å². The minimum absolute atomic E-state index is 0.154. The van der Waals surface area contributed by atoms with Gasteiger partial charge >= 0.3 is 0 Å². The summed E-state index contributed by atoms with van der Waals surface area (Å²) in [6.45, 7) is 2.12. The first-order chi connectivity index (χ1) is 7.65. The molecular formula is C12H16ClNO2. The van der Waals surface area contributed by atoms with Crippen LogP contribution in [0.5, 0.6) is 11.5 Å². The predicted molar refractivity (Wildman–Crippen MR) is 64.4 cm³/mol. The lowest BCUT2D eigenvalue weighted by molar-refractivity contribution is 0.352. The molecule has 1 N–H and O–H groups in total. The van der Waals surface area contributed by atoms with E-state index in [2.05, 4.69) is 12.2 Å². The Morgan fingerprint density at radius 2 is 1.88 bits per heavy atom. The van der Waals surface area contributed by atoms with Crippen molar-refractivity contribution in [3.8, 4) is 11.5 Å². The summed E-state index contributed by atoms with van der Waals surface area (Å²) in [5.41, 5.74) is 2.15. The highest BCUT2D eigenvalue weighted by Gasteiger charge is 2.24. The summed E-state index contributed by atoms with van der Waals surface area (Å²) >= 11 is 6.26. The van der Waals surface area contributed by atoms with Crippen molar-refractivity contribution in [1.82, 2.24) is 5.32 Å². The van der Waals surface area contributed by atoms with Gasteiger partial charge in [-0.3, -0.25) is 5.32 Å². The lowest BCUT2D eigenvalue weighted by atomic mass is 9.96. The summed E-state index contributed by atoms with van der Waals surface area (Å²) in [4.78, 5) is 0. The number of halogens is 1. The van der Waals surface area contributed by atoms with Gasteiger partial charge in [-0.05, 0) is 36.6 Å². The molecule has 0 amide bonds. The SMILES string of the molecule is COc1cc2c(cc1OC)C(Cl)NC(C)C2. The lowest BCUT2D eigenvalue weighted by Crippen LogP contribution is -2.34. The number of ether oxygens (including phenoxy) is 2. The number of alkyl halides is 1. The molecular weight excluding hydrogens is 226 g/mol. The highest BCUT2D eigenvalue weighted by Crippen LogP contribution is 2.37. The molecule has 88 valence electrons. The fraction of sp³-hybridized carbons (Fsp3) is 0.500. The average molecular weight is 242 g/mol. The molecule has 2 rings (SSSR count). The first kappa shape index (κ1) is 11.6. The molecule has 1 aliphatic heterocycles. The third-order valence-electron chi connectivity index (χ3n) is 2.88. The Hall–Kier alpha value is -0.930. The second-order valence-electron chi connectivity index (χ2n) is 4.04. The molecule has 2 atom stereocenters. The number of fused-ring (bicyclic) bond motifs is 1. The summed E-state index contributed by atoms with van der Waals surface area (Å²) in [6, 6.07) is 4.35. The fourth-order valence-corrected chi connectivity index (χ4v) is 2.50. The van der Waals surface area contributed by atoms with E-state index in [0.717, 1.165) is 23.5 Å². The fourth-order valence-electron chi connectivity index (χ4n) is 2.08. The van der Waals surface area contributed by atoms with Crippen LogP contribution >= 0.6 is 11.6 Å². The van der Waals surface area contributed by atoms with E-state index < -0.39 is 0 Å². The van der Waals surface area contributed by atoms with Gasteiger partial charge in [0.05, 0.1) is 14.2 Å². The molecule has 2 unspecified atom stereocenters. The van der Waals surface area contributed by atoms with Crippen LogP contribution in [-0.2, 0) is 6.42 Å². The smallest absolute Gasteiger partial charge is 0.161 e. The highest BCUT2D eigenvalue weighted by molar-refractivity contribution is 6.20. The summed E-state index contributed by atoms with van der Waals surface area (Å²) in [6.07, 6.45) is 0.957. The molecule has 0 saturated heterocycles. The maximum Gasteiger partial charge on any atom is 0.161 e. The normalized spacial score (nSPS) is 23.8. The van der Waals surface area contributed by atoms with E-state index >= 15 is 0 Å². The van der Waals surface area contributed by atoms with Crippen LogP contribution in [0.15, 0.2) is 12.1 Å². The minimum atomic E-state index is -0.154. The Balaban J connectivity index is 2.47. The molecule has 1 heterocycles. The quantitative estimate of drug-likeness (QED) is 0.638. The van der Waals surface area contributed by atoms with Crippen LogP contribution in [0, 0.1) is 0 Å². The van der Waals surface area contributed by atoms with E-state index in [1.54, 1.807) is 14.2 Å². The first-order valence-corrected chi connectivity index (χ1v) is 5.74. The number of hydrogen-bond donors (Lipinski definition) is 1. The molecule has 0 aliphatic carbocycles. The second kappa shape index (κ2) is 4.52. The molecule has 1 aromatic rings. The van der Waals surface area contributed by atoms with Gasteiger partial charge in [0.15, 0.2) is 11.5 Å². The van der Waals surface area contributed by atoms with Crippen LogP contribution in [0.4, 0.5) is 0 Å². The highest BCUT2D eigenvalue weighted by atomic mass is 35.5. The van der Waals surface area contributed by atoms with E-state index in [9.17, 15) is 0 Å². The van der Waals surface area contributed by atoms with Crippen molar-refractivity contribution in [2.45, 2.75) is 24.9 Å². The third-order valence-corrected chi connectivity index (χ3v) is 3.24. The largest absolute Gasteiger partial charge is 0.493 e. The molecule has 0 radical (unpaired) electrons. The van der Waals surface area contributed by atoms with Crippen LogP contribution in [0.2, 0.25) is 0 Å². The molecule has 0 saturated carbocycles. The predicted octanol–water partition coefficient (Wildman–Crippen LogP) is 2.48. The van der Waals surface area contributed by atoms with Crippen molar-refractivity contribution in [3.63, 3.8) is 0 Å². The Morgan fingerprint density at radius 1 is 1.25 bits per heavy atom. The van der Waals surface area contributed by atoms with E-state index in [4.69, 9.17) is 21.1 Å². The number of rotatable bonds is 2. The van der Waals surface area contributed by atoms with Gasteiger partial charge in [-0.1, -0.05) is 0 Å². The first-order valence-electron chi connectivity index (χ1n) is 5.30. The molecule has 16 heavy (non-hydrogen) atoms. The molecule has 0 fully saturated rings. The summed E-state index contributed by atoms with van der Waals surface area (Å²) < 4.78 is 10.6. The lowest BCUT2D eigenvalue weighted by Gasteiger charge is -2.28.